The maximum atomic E-state index is 11.5. The van der Waals surface area contributed by atoms with Crippen LogP contribution >= 0.6 is 0 Å². The summed E-state index contributed by atoms with van der Waals surface area (Å²) in [4.78, 5) is 11.5. The molecule has 0 spiro atoms. The van der Waals surface area contributed by atoms with Gasteiger partial charge in [0.15, 0.2) is 0 Å². The number of carbonyl (C=O) groups is 1. The third-order valence-corrected chi connectivity index (χ3v) is 3.98. The first-order valence-electron chi connectivity index (χ1n) is 6.65. The number of carbonyl (C=O) groups excluding carboxylic acids is 1. The number of urea groups is 1. The van der Waals surface area contributed by atoms with Crippen LogP contribution in [0.3, 0.4) is 0 Å². The van der Waals surface area contributed by atoms with E-state index in [0.29, 0.717) is 5.92 Å². The van der Waals surface area contributed by atoms with E-state index >= 15 is 0 Å². The van der Waals surface area contributed by atoms with Gasteiger partial charge >= 0.3 is 6.03 Å². The summed E-state index contributed by atoms with van der Waals surface area (Å²) >= 11 is 0. The molecule has 4 heteroatoms. The van der Waals surface area contributed by atoms with Gasteiger partial charge in [-0.1, -0.05) is 13.3 Å². The van der Waals surface area contributed by atoms with Gasteiger partial charge in [-0.25, -0.2) is 4.79 Å². The predicted molar refractivity (Wildman–Crippen MR) is 68.8 cm³/mol. The van der Waals surface area contributed by atoms with Crippen molar-refractivity contribution >= 4 is 6.03 Å². The Hall–Kier alpha value is -0.770. The molecule has 100 valence electrons. The molecule has 0 aromatic heterocycles. The number of rotatable bonds is 6. The highest BCUT2D eigenvalue weighted by Crippen LogP contribution is 2.47. The van der Waals surface area contributed by atoms with Crippen molar-refractivity contribution in [1.82, 2.24) is 10.6 Å². The SMILES string of the molecule is CC(C)NC(=O)NCC1([C@@H](C)CCO)CCC1. The number of hydrogen-bond acceptors (Lipinski definition) is 2. The largest absolute Gasteiger partial charge is 0.396 e. The molecule has 0 radical (unpaired) electrons. The Morgan fingerprint density at radius 2 is 2.00 bits per heavy atom. The average Bonchev–Trinajstić information content (AvgIpc) is 2.15. The van der Waals surface area contributed by atoms with Crippen molar-refractivity contribution in [3.05, 3.63) is 0 Å². The van der Waals surface area contributed by atoms with Crippen LogP contribution in [0.2, 0.25) is 0 Å². The summed E-state index contributed by atoms with van der Waals surface area (Å²) in [6.45, 7) is 7.05. The van der Waals surface area contributed by atoms with Gasteiger partial charge in [-0.2, -0.15) is 0 Å². The molecule has 0 bridgehead atoms. The Morgan fingerprint density at radius 3 is 2.41 bits per heavy atom. The summed E-state index contributed by atoms with van der Waals surface area (Å²) in [5.74, 6) is 0.473. The summed E-state index contributed by atoms with van der Waals surface area (Å²) in [6.07, 6.45) is 4.39. The Labute approximate surface area is 104 Å². The molecule has 1 aliphatic carbocycles. The van der Waals surface area contributed by atoms with E-state index in [1.54, 1.807) is 0 Å². The molecule has 1 fully saturated rings. The lowest BCUT2D eigenvalue weighted by atomic mass is 9.60. The molecule has 1 saturated carbocycles. The highest BCUT2D eigenvalue weighted by Gasteiger charge is 2.41. The van der Waals surface area contributed by atoms with Crippen molar-refractivity contribution in [1.29, 1.82) is 0 Å². The molecule has 2 amide bonds. The first kappa shape index (κ1) is 14.3. The van der Waals surface area contributed by atoms with Crippen LogP contribution in [-0.2, 0) is 0 Å². The Kier molecular flexibility index (Phi) is 5.25. The predicted octanol–water partition coefficient (Wildman–Crippen LogP) is 1.88. The molecule has 3 N–H and O–H groups in total. The quantitative estimate of drug-likeness (QED) is 0.666. The minimum absolute atomic E-state index is 0.0810. The number of amides is 2. The second-order valence-electron chi connectivity index (χ2n) is 5.61. The Morgan fingerprint density at radius 1 is 1.35 bits per heavy atom. The van der Waals surface area contributed by atoms with Crippen molar-refractivity contribution in [2.24, 2.45) is 11.3 Å². The van der Waals surface area contributed by atoms with Gasteiger partial charge in [0.05, 0.1) is 0 Å². The first-order valence-corrected chi connectivity index (χ1v) is 6.65. The molecule has 0 aromatic rings. The summed E-state index contributed by atoms with van der Waals surface area (Å²) in [7, 11) is 0. The number of nitrogens with one attached hydrogen (secondary N) is 2. The van der Waals surface area contributed by atoms with Gasteiger partial charge < -0.3 is 15.7 Å². The van der Waals surface area contributed by atoms with E-state index in [0.717, 1.165) is 25.8 Å². The van der Waals surface area contributed by atoms with E-state index in [4.69, 9.17) is 5.11 Å². The fraction of sp³-hybridized carbons (Fsp3) is 0.923. The van der Waals surface area contributed by atoms with E-state index < -0.39 is 0 Å². The fourth-order valence-corrected chi connectivity index (χ4v) is 2.54. The van der Waals surface area contributed by atoms with Crippen LogP contribution in [0.1, 0.15) is 46.5 Å². The van der Waals surface area contributed by atoms with Crippen LogP contribution in [-0.4, -0.2) is 30.3 Å². The van der Waals surface area contributed by atoms with Gasteiger partial charge in [0.1, 0.15) is 0 Å². The lowest BCUT2D eigenvalue weighted by Gasteiger charge is -2.47. The molecule has 1 rings (SSSR count). The minimum Gasteiger partial charge on any atom is -0.396 e. The molecule has 0 unspecified atom stereocenters. The number of hydrogen-bond donors (Lipinski definition) is 3. The zero-order valence-electron chi connectivity index (χ0n) is 11.3. The van der Waals surface area contributed by atoms with E-state index in [1.807, 2.05) is 13.8 Å². The monoisotopic (exact) mass is 242 g/mol. The maximum absolute atomic E-state index is 11.5. The molecule has 1 atom stereocenters. The first-order chi connectivity index (χ1) is 8.00. The zero-order valence-corrected chi connectivity index (χ0v) is 11.3. The molecule has 4 nitrogen and oxygen atoms in total. The van der Waals surface area contributed by atoms with Gasteiger partial charge in [-0.05, 0) is 44.4 Å². The lowest BCUT2D eigenvalue weighted by molar-refractivity contribution is 0.0456. The van der Waals surface area contributed by atoms with Crippen LogP contribution in [0.5, 0.6) is 0 Å². The van der Waals surface area contributed by atoms with E-state index in [1.165, 1.54) is 6.42 Å². The van der Waals surface area contributed by atoms with Crippen molar-refractivity contribution in [2.75, 3.05) is 13.2 Å². The highest BCUT2D eigenvalue weighted by molar-refractivity contribution is 5.74. The smallest absolute Gasteiger partial charge is 0.315 e. The molecule has 17 heavy (non-hydrogen) atoms. The normalized spacial score (nSPS) is 19.6. The van der Waals surface area contributed by atoms with Gasteiger partial charge in [-0.3, -0.25) is 0 Å². The second-order valence-corrected chi connectivity index (χ2v) is 5.61. The molecule has 1 aliphatic rings. The summed E-state index contributed by atoms with van der Waals surface area (Å²) in [6, 6.07) is 0.0877. The third kappa shape index (κ3) is 3.87. The summed E-state index contributed by atoms with van der Waals surface area (Å²) < 4.78 is 0. The van der Waals surface area contributed by atoms with E-state index in [2.05, 4.69) is 17.6 Å². The molecule has 0 aliphatic heterocycles. The van der Waals surface area contributed by atoms with Gasteiger partial charge in [0.25, 0.3) is 0 Å². The standard InChI is InChI=1S/C13H26N2O2/c1-10(2)15-12(17)14-9-13(6-4-7-13)11(3)5-8-16/h10-11,16H,4-9H2,1-3H3,(H2,14,15,17)/t11-/m0/s1. The highest BCUT2D eigenvalue weighted by atomic mass is 16.3. The summed E-state index contributed by atoms with van der Waals surface area (Å²) in [5.41, 5.74) is 0.219. The Bertz CT molecular complexity index is 250. The van der Waals surface area contributed by atoms with E-state index in [9.17, 15) is 4.79 Å². The zero-order chi connectivity index (χ0) is 12.9. The maximum Gasteiger partial charge on any atom is 0.315 e. The minimum atomic E-state index is -0.0810. The molecular weight excluding hydrogens is 216 g/mol. The van der Waals surface area contributed by atoms with Gasteiger partial charge in [0.2, 0.25) is 0 Å². The molecule has 0 heterocycles. The van der Waals surface area contributed by atoms with Gasteiger partial charge in [0, 0.05) is 19.2 Å². The van der Waals surface area contributed by atoms with Crippen molar-refractivity contribution in [3.8, 4) is 0 Å². The lowest BCUT2D eigenvalue weighted by Crippen LogP contribution is -2.49. The second kappa shape index (κ2) is 6.24. The summed E-state index contributed by atoms with van der Waals surface area (Å²) in [5, 5.41) is 14.8. The van der Waals surface area contributed by atoms with Crippen LogP contribution < -0.4 is 10.6 Å². The number of aliphatic hydroxyl groups is 1. The third-order valence-electron chi connectivity index (χ3n) is 3.98. The van der Waals surface area contributed by atoms with Crippen molar-refractivity contribution in [2.45, 2.75) is 52.5 Å². The van der Waals surface area contributed by atoms with Gasteiger partial charge in [-0.15, -0.1) is 0 Å². The number of aliphatic hydroxyl groups excluding tert-OH is 1. The van der Waals surface area contributed by atoms with Crippen LogP contribution in [0.15, 0.2) is 0 Å². The topological polar surface area (TPSA) is 61.4 Å². The van der Waals surface area contributed by atoms with Crippen molar-refractivity contribution < 1.29 is 9.90 Å². The van der Waals surface area contributed by atoms with Crippen LogP contribution in [0.4, 0.5) is 4.79 Å². The molecule has 0 aromatic carbocycles. The van der Waals surface area contributed by atoms with Crippen LogP contribution in [0, 0.1) is 11.3 Å². The van der Waals surface area contributed by atoms with E-state index in [-0.39, 0.29) is 24.1 Å². The Balaban J connectivity index is 2.39. The average molecular weight is 242 g/mol. The van der Waals surface area contributed by atoms with Crippen molar-refractivity contribution in [3.63, 3.8) is 0 Å². The van der Waals surface area contributed by atoms with Crippen LogP contribution in [0.25, 0.3) is 0 Å². The fourth-order valence-electron chi connectivity index (χ4n) is 2.54. The molecule has 0 saturated heterocycles. The molecular formula is C13H26N2O2.